The molecule has 0 unspecified atom stereocenters. The molecule has 1 fully saturated rings. The van der Waals surface area contributed by atoms with Crippen molar-refractivity contribution in [3.8, 4) is 0 Å². The molecular formula is C10H13N3O7. The largest absolute Gasteiger partial charge is 0.465 e. The average Bonchev–Trinajstić information content (AvgIpc) is 2.66. The van der Waals surface area contributed by atoms with Crippen molar-refractivity contribution in [2.75, 3.05) is 11.9 Å². The predicted molar refractivity (Wildman–Crippen MR) is 63.2 cm³/mol. The van der Waals surface area contributed by atoms with Gasteiger partial charge in [-0.1, -0.05) is 0 Å². The van der Waals surface area contributed by atoms with E-state index in [4.69, 9.17) is 14.9 Å². The third-order valence-electron chi connectivity index (χ3n) is 2.86. The summed E-state index contributed by atoms with van der Waals surface area (Å²) >= 11 is 0. The molecular weight excluding hydrogens is 274 g/mol. The van der Waals surface area contributed by atoms with Crippen LogP contribution in [0.25, 0.3) is 0 Å². The van der Waals surface area contributed by atoms with Gasteiger partial charge in [-0.15, -0.1) is 0 Å². The van der Waals surface area contributed by atoms with Gasteiger partial charge in [0, 0.05) is 6.20 Å². The molecule has 10 nitrogen and oxygen atoms in total. The number of nitrogens with zero attached hydrogens (tertiary/aromatic N) is 2. The van der Waals surface area contributed by atoms with E-state index >= 15 is 0 Å². The van der Waals surface area contributed by atoms with E-state index in [1.807, 2.05) is 5.32 Å². The monoisotopic (exact) mass is 287 g/mol. The van der Waals surface area contributed by atoms with E-state index in [2.05, 4.69) is 4.98 Å². The molecule has 0 aliphatic carbocycles. The van der Waals surface area contributed by atoms with Crippen LogP contribution in [0.4, 0.5) is 10.6 Å². The van der Waals surface area contributed by atoms with Crippen molar-refractivity contribution >= 4 is 11.9 Å². The summed E-state index contributed by atoms with van der Waals surface area (Å²) in [6.45, 7) is -0.518. The minimum atomic E-state index is -1.41. The van der Waals surface area contributed by atoms with Crippen LogP contribution in [0.2, 0.25) is 0 Å². The van der Waals surface area contributed by atoms with Crippen LogP contribution < -0.4 is 11.0 Å². The average molecular weight is 287 g/mol. The van der Waals surface area contributed by atoms with E-state index in [0.717, 1.165) is 4.57 Å². The molecule has 1 aromatic rings. The van der Waals surface area contributed by atoms with Gasteiger partial charge in [-0.25, -0.2) is 9.59 Å². The van der Waals surface area contributed by atoms with Gasteiger partial charge in [0.25, 0.3) is 0 Å². The summed E-state index contributed by atoms with van der Waals surface area (Å²) in [6, 6.07) is 1.20. The first kappa shape index (κ1) is 14.4. The Morgan fingerprint density at radius 2 is 2.15 bits per heavy atom. The third-order valence-corrected chi connectivity index (χ3v) is 2.86. The number of carbonyl (C=O) groups is 1. The van der Waals surface area contributed by atoms with Gasteiger partial charge in [-0.05, 0) is 6.07 Å². The summed E-state index contributed by atoms with van der Waals surface area (Å²) in [7, 11) is 0. The molecule has 4 atom stereocenters. The highest BCUT2D eigenvalue weighted by Crippen LogP contribution is 2.27. The maximum atomic E-state index is 11.7. The lowest BCUT2D eigenvalue weighted by Gasteiger charge is -2.17. The zero-order chi connectivity index (χ0) is 14.9. The zero-order valence-electron chi connectivity index (χ0n) is 10.1. The molecule has 0 radical (unpaired) electrons. The van der Waals surface area contributed by atoms with E-state index in [-0.39, 0.29) is 5.82 Å². The van der Waals surface area contributed by atoms with Crippen LogP contribution in [0.5, 0.6) is 0 Å². The molecule has 110 valence electrons. The molecule has 2 heterocycles. The standard InChI is InChI=1S/C10H13N3O7/c14-3-4-6(15)7(16)8(20-4)13-2-1-5(11-9(13)17)12-10(18)19/h1-2,4,6-8,14-16H,3H2,(H,18,19)(H,11,12,17)/t4-,6-,7-,8-/m1/s1. The third kappa shape index (κ3) is 2.63. The fraction of sp³-hybridized carbons (Fsp3) is 0.500. The van der Waals surface area contributed by atoms with Crippen molar-refractivity contribution in [3.05, 3.63) is 22.7 Å². The molecule has 0 aromatic carbocycles. The first-order chi connectivity index (χ1) is 9.43. The van der Waals surface area contributed by atoms with Crippen molar-refractivity contribution in [2.45, 2.75) is 24.5 Å². The number of hydrogen-bond donors (Lipinski definition) is 5. The second-order valence-electron chi connectivity index (χ2n) is 4.16. The van der Waals surface area contributed by atoms with Crippen LogP contribution >= 0.6 is 0 Å². The van der Waals surface area contributed by atoms with Crippen molar-refractivity contribution in [1.29, 1.82) is 0 Å². The van der Waals surface area contributed by atoms with E-state index in [9.17, 15) is 19.8 Å². The van der Waals surface area contributed by atoms with Crippen LogP contribution in [0.3, 0.4) is 0 Å². The lowest BCUT2D eigenvalue weighted by molar-refractivity contribution is -0.0549. The van der Waals surface area contributed by atoms with E-state index in [1.165, 1.54) is 12.3 Å². The first-order valence-electron chi connectivity index (χ1n) is 5.65. The fourth-order valence-corrected chi connectivity index (χ4v) is 1.90. The Morgan fingerprint density at radius 3 is 2.65 bits per heavy atom. The zero-order valence-corrected chi connectivity index (χ0v) is 10.1. The summed E-state index contributed by atoms with van der Waals surface area (Å²) in [4.78, 5) is 25.6. The second-order valence-corrected chi connectivity index (χ2v) is 4.16. The van der Waals surface area contributed by atoms with Crippen molar-refractivity contribution in [1.82, 2.24) is 9.55 Å². The summed E-state index contributed by atoms with van der Waals surface area (Å²) in [6.07, 6.45) is -5.18. The van der Waals surface area contributed by atoms with Gasteiger partial charge < -0.3 is 25.2 Å². The number of nitrogens with one attached hydrogen (secondary N) is 1. The maximum absolute atomic E-state index is 11.7. The molecule has 10 heteroatoms. The summed E-state index contributed by atoms with van der Waals surface area (Å²) < 4.78 is 6.06. The highest BCUT2D eigenvalue weighted by molar-refractivity contribution is 5.81. The molecule has 1 amide bonds. The smallest absolute Gasteiger partial charge is 0.410 e. The van der Waals surface area contributed by atoms with Gasteiger partial charge in [0.1, 0.15) is 24.1 Å². The Kier molecular flexibility index (Phi) is 3.99. The number of amides is 1. The SMILES string of the molecule is O=C(O)Nc1ccn([C@@H]2O[C@H](CO)[C@@H](O)[C@H]2O)c(=O)n1. The van der Waals surface area contributed by atoms with Gasteiger partial charge in [0.2, 0.25) is 0 Å². The van der Waals surface area contributed by atoms with E-state index in [0.29, 0.717) is 0 Å². The lowest BCUT2D eigenvalue weighted by Crippen LogP contribution is -2.36. The number of aliphatic hydroxyl groups is 3. The first-order valence-corrected chi connectivity index (χ1v) is 5.65. The van der Waals surface area contributed by atoms with Gasteiger partial charge in [0.15, 0.2) is 6.23 Å². The highest BCUT2D eigenvalue weighted by Gasteiger charge is 2.43. The van der Waals surface area contributed by atoms with Crippen LogP contribution in [-0.4, -0.2) is 61.0 Å². The minimum absolute atomic E-state index is 0.175. The number of carboxylic acid groups (broad SMARTS) is 1. The van der Waals surface area contributed by atoms with Crippen LogP contribution in [0, 0.1) is 0 Å². The minimum Gasteiger partial charge on any atom is -0.465 e. The van der Waals surface area contributed by atoms with Gasteiger partial charge in [0.05, 0.1) is 6.61 Å². The summed E-state index contributed by atoms with van der Waals surface area (Å²) in [5, 5.41) is 38.7. The summed E-state index contributed by atoms with van der Waals surface area (Å²) in [5.74, 6) is -0.175. The number of aliphatic hydroxyl groups excluding tert-OH is 3. The Morgan fingerprint density at radius 1 is 1.45 bits per heavy atom. The Balaban J connectivity index is 2.26. The van der Waals surface area contributed by atoms with Gasteiger partial charge in [-0.2, -0.15) is 4.98 Å². The Bertz CT molecular complexity index is 560. The molecule has 0 bridgehead atoms. The maximum Gasteiger partial charge on any atom is 0.410 e. The Labute approximate surface area is 111 Å². The van der Waals surface area contributed by atoms with Gasteiger partial charge in [-0.3, -0.25) is 9.88 Å². The van der Waals surface area contributed by atoms with E-state index < -0.39 is 42.9 Å². The molecule has 0 spiro atoms. The molecule has 2 rings (SSSR count). The topological polar surface area (TPSA) is 154 Å². The molecule has 1 saturated heterocycles. The Hall–Kier alpha value is -2.01. The molecule has 20 heavy (non-hydrogen) atoms. The molecule has 1 aliphatic heterocycles. The highest BCUT2D eigenvalue weighted by atomic mass is 16.6. The molecule has 5 N–H and O–H groups in total. The summed E-state index contributed by atoms with van der Waals surface area (Å²) in [5.41, 5.74) is -0.869. The van der Waals surface area contributed by atoms with E-state index in [1.54, 1.807) is 0 Å². The predicted octanol–water partition coefficient (Wildman–Crippen LogP) is -2.06. The van der Waals surface area contributed by atoms with Crippen molar-refractivity contribution in [2.24, 2.45) is 0 Å². The van der Waals surface area contributed by atoms with Crippen molar-refractivity contribution < 1.29 is 30.0 Å². The lowest BCUT2D eigenvalue weighted by atomic mass is 10.1. The van der Waals surface area contributed by atoms with Crippen LogP contribution in [0.15, 0.2) is 17.1 Å². The second kappa shape index (κ2) is 5.54. The fourth-order valence-electron chi connectivity index (χ4n) is 1.90. The molecule has 1 aromatic heterocycles. The van der Waals surface area contributed by atoms with Crippen LogP contribution in [-0.2, 0) is 4.74 Å². The molecule has 1 aliphatic rings. The number of hydrogen-bond acceptors (Lipinski definition) is 7. The number of aromatic nitrogens is 2. The van der Waals surface area contributed by atoms with Gasteiger partial charge >= 0.3 is 11.8 Å². The van der Waals surface area contributed by atoms with Crippen LogP contribution in [0.1, 0.15) is 6.23 Å². The number of anilines is 1. The number of ether oxygens (including phenoxy) is 1. The number of rotatable bonds is 3. The normalized spacial score (nSPS) is 29.4. The molecule has 0 saturated carbocycles. The quantitative estimate of drug-likeness (QED) is 0.425. The van der Waals surface area contributed by atoms with Crippen molar-refractivity contribution in [3.63, 3.8) is 0 Å².